The average molecular weight is 247 g/mol. The van der Waals surface area contributed by atoms with Gasteiger partial charge in [0.15, 0.2) is 0 Å². The van der Waals surface area contributed by atoms with Gasteiger partial charge >= 0.3 is 0 Å². The first-order valence-corrected chi connectivity index (χ1v) is 5.38. The van der Waals surface area contributed by atoms with Gasteiger partial charge in [-0.25, -0.2) is 4.39 Å². The van der Waals surface area contributed by atoms with Crippen molar-refractivity contribution in [3.05, 3.63) is 34.1 Å². The molecule has 90 valence electrons. The van der Waals surface area contributed by atoms with Crippen molar-refractivity contribution >= 4 is 11.6 Å². The Morgan fingerprint density at radius 3 is 2.56 bits per heavy atom. The zero-order valence-corrected chi connectivity index (χ0v) is 10.4. The van der Waals surface area contributed by atoms with E-state index in [0.717, 1.165) is 5.56 Å². The zero-order valence-electron chi connectivity index (χ0n) is 9.68. The summed E-state index contributed by atoms with van der Waals surface area (Å²) in [5, 5.41) is 9.30. The number of ether oxygens (including phenoxy) is 1. The van der Waals surface area contributed by atoms with Crippen LogP contribution >= 0.6 is 11.6 Å². The summed E-state index contributed by atoms with van der Waals surface area (Å²) in [6.07, 6.45) is 0. The molecular weight excluding hydrogens is 231 g/mol. The third-order valence-electron chi connectivity index (χ3n) is 2.52. The Hall–Kier alpha value is -0.640. The van der Waals surface area contributed by atoms with E-state index in [4.69, 9.17) is 16.3 Å². The molecule has 0 aromatic heterocycles. The summed E-state index contributed by atoms with van der Waals surface area (Å²) in [4.78, 5) is 0. The van der Waals surface area contributed by atoms with E-state index >= 15 is 0 Å². The van der Waals surface area contributed by atoms with Gasteiger partial charge in [0.05, 0.1) is 18.2 Å². The predicted octanol–water partition coefficient (Wildman–Crippen LogP) is 2.90. The molecule has 0 aliphatic carbocycles. The fourth-order valence-corrected chi connectivity index (χ4v) is 1.71. The molecule has 1 aromatic rings. The highest BCUT2D eigenvalue weighted by Gasteiger charge is 2.25. The van der Waals surface area contributed by atoms with Crippen LogP contribution in [0.4, 0.5) is 4.39 Å². The second-order valence-electron chi connectivity index (χ2n) is 4.41. The van der Waals surface area contributed by atoms with Gasteiger partial charge in [-0.05, 0) is 23.3 Å². The van der Waals surface area contributed by atoms with Gasteiger partial charge in [-0.3, -0.25) is 0 Å². The summed E-state index contributed by atoms with van der Waals surface area (Å²) in [5.41, 5.74) is 0.553. The van der Waals surface area contributed by atoms with Crippen molar-refractivity contribution in [3.8, 4) is 0 Å². The minimum atomic E-state index is -0.655. The van der Waals surface area contributed by atoms with Crippen LogP contribution in [0.5, 0.6) is 0 Å². The summed E-state index contributed by atoms with van der Waals surface area (Å²) in [5.74, 6) is -0.472. The van der Waals surface area contributed by atoms with Crippen LogP contribution in [0.3, 0.4) is 0 Å². The Labute approximate surface area is 100.0 Å². The molecule has 4 heteroatoms. The normalized spacial score (nSPS) is 11.9. The molecule has 1 aromatic carbocycles. The molecule has 0 atom stereocenters. The summed E-state index contributed by atoms with van der Waals surface area (Å²) >= 11 is 5.81. The molecule has 0 unspecified atom stereocenters. The number of methoxy groups -OCH3 is 1. The molecule has 0 bridgehead atoms. The standard InChI is InChI=1S/C12H16ClFO2/c1-12(2,7-15)9-4-8(6-16-3)5-10(13)11(9)14/h4-5,15H,6-7H2,1-3H3. The van der Waals surface area contributed by atoms with Gasteiger partial charge in [-0.1, -0.05) is 25.4 Å². The van der Waals surface area contributed by atoms with Crippen LogP contribution in [0.2, 0.25) is 5.02 Å². The summed E-state index contributed by atoms with van der Waals surface area (Å²) in [7, 11) is 1.56. The Balaban J connectivity index is 3.26. The molecule has 2 nitrogen and oxygen atoms in total. The Kier molecular flexibility index (Phi) is 4.30. The van der Waals surface area contributed by atoms with E-state index in [0.29, 0.717) is 12.2 Å². The molecule has 0 fully saturated rings. The van der Waals surface area contributed by atoms with E-state index in [1.54, 1.807) is 27.0 Å². The number of aliphatic hydroxyl groups excluding tert-OH is 1. The van der Waals surface area contributed by atoms with Crippen LogP contribution in [0.15, 0.2) is 12.1 Å². The maximum atomic E-state index is 13.8. The van der Waals surface area contributed by atoms with E-state index in [1.165, 1.54) is 6.07 Å². The van der Waals surface area contributed by atoms with Crippen LogP contribution < -0.4 is 0 Å². The molecule has 0 saturated carbocycles. The van der Waals surface area contributed by atoms with Crippen molar-refractivity contribution in [1.82, 2.24) is 0 Å². The van der Waals surface area contributed by atoms with Crippen molar-refractivity contribution < 1.29 is 14.2 Å². The maximum Gasteiger partial charge on any atom is 0.145 e. The number of rotatable bonds is 4. The van der Waals surface area contributed by atoms with Crippen LogP contribution in [-0.4, -0.2) is 18.8 Å². The lowest BCUT2D eigenvalue weighted by molar-refractivity contribution is 0.184. The highest BCUT2D eigenvalue weighted by molar-refractivity contribution is 6.30. The van der Waals surface area contributed by atoms with Gasteiger partial charge in [-0.2, -0.15) is 0 Å². The van der Waals surface area contributed by atoms with E-state index in [9.17, 15) is 9.50 Å². The van der Waals surface area contributed by atoms with Crippen LogP contribution in [-0.2, 0) is 16.8 Å². The van der Waals surface area contributed by atoms with E-state index in [2.05, 4.69) is 0 Å². The molecular formula is C12H16ClFO2. The zero-order chi connectivity index (χ0) is 12.3. The lowest BCUT2D eigenvalue weighted by atomic mass is 9.84. The first-order chi connectivity index (χ1) is 7.42. The molecule has 1 rings (SSSR count). The van der Waals surface area contributed by atoms with Crippen molar-refractivity contribution in [3.63, 3.8) is 0 Å². The molecule has 0 aliphatic rings. The quantitative estimate of drug-likeness (QED) is 0.885. The predicted molar refractivity (Wildman–Crippen MR) is 62.2 cm³/mol. The Morgan fingerprint density at radius 1 is 1.44 bits per heavy atom. The van der Waals surface area contributed by atoms with E-state index in [1.807, 2.05) is 0 Å². The average Bonchev–Trinajstić information content (AvgIpc) is 2.23. The first-order valence-electron chi connectivity index (χ1n) is 5.00. The topological polar surface area (TPSA) is 29.5 Å². The van der Waals surface area contributed by atoms with Gasteiger partial charge < -0.3 is 9.84 Å². The first kappa shape index (κ1) is 13.4. The van der Waals surface area contributed by atoms with Crippen LogP contribution in [0, 0.1) is 5.82 Å². The van der Waals surface area contributed by atoms with Gasteiger partial charge in [0.1, 0.15) is 5.82 Å². The lowest BCUT2D eigenvalue weighted by Crippen LogP contribution is -2.24. The van der Waals surface area contributed by atoms with Crippen molar-refractivity contribution in [2.75, 3.05) is 13.7 Å². The highest BCUT2D eigenvalue weighted by Crippen LogP contribution is 2.30. The third-order valence-corrected chi connectivity index (χ3v) is 2.80. The van der Waals surface area contributed by atoms with E-state index in [-0.39, 0.29) is 11.6 Å². The minimum absolute atomic E-state index is 0.0612. The van der Waals surface area contributed by atoms with Gasteiger partial charge in [0.2, 0.25) is 0 Å². The number of benzene rings is 1. The molecule has 0 heterocycles. The number of hydrogen-bond acceptors (Lipinski definition) is 2. The SMILES string of the molecule is COCc1cc(Cl)c(F)c(C(C)(C)CO)c1. The Morgan fingerprint density at radius 2 is 2.06 bits per heavy atom. The fraction of sp³-hybridized carbons (Fsp3) is 0.500. The number of aliphatic hydroxyl groups is 1. The van der Waals surface area contributed by atoms with Crippen molar-refractivity contribution in [2.45, 2.75) is 25.9 Å². The molecule has 0 spiro atoms. The minimum Gasteiger partial charge on any atom is -0.395 e. The van der Waals surface area contributed by atoms with Crippen molar-refractivity contribution in [2.24, 2.45) is 0 Å². The maximum absolute atomic E-state index is 13.8. The van der Waals surface area contributed by atoms with Crippen LogP contribution in [0.1, 0.15) is 25.0 Å². The van der Waals surface area contributed by atoms with Gasteiger partial charge in [-0.15, -0.1) is 0 Å². The number of halogens is 2. The molecule has 0 amide bonds. The smallest absolute Gasteiger partial charge is 0.145 e. The molecule has 1 N–H and O–H groups in total. The van der Waals surface area contributed by atoms with Crippen LogP contribution in [0.25, 0.3) is 0 Å². The van der Waals surface area contributed by atoms with Gasteiger partial charge in [0.25, 0.3) is 0 Å². The fourth-order valence-electron chi connectivity index (χ4n) is 1.47. The lowest BCUT2D eigenvalue weighted by Gasteiger charge is -2.24. The Bertz CT molecular complexity index is 378. The summed E-state index contributed by atoms with van der Waals surface area (Å²) < 4.78 is 18.8. The third kappa shape index (κ3) is 2.73. The number of hydrogen-bond donors (Lipinski definition) is 1. The summed E-state index contributed by atoms with van der Waals surface area (Å²) in [6.45, 7) is 3.75. The van der Waals surface area contributed by atoms with Gasteiger partial charge in [0, 0.05) is 12.5 Å². The van der Waals surface area contributed by atoms with E-state index < -0.39 is 11.2 Å². The second kappa shape index (κ2) is 5.13. The molecule has 0 aliphatic heterocycles. The second-order valence-corrected chi connectivity index (χ2v) is 4.82. The molecule has 0 saturated heterocycles. The molecule has 16 heavy (non-hydrogen) atoms. The highest BCUT2D eigenvalue weighted by atomic mass is 35.5. The van der Waals surface area contributed by atoms with Crippen molar-refractivity contribution in [1.29, 1.82) is 0 Å². The monoisotopic (exact) mass is 246 g/mol. The largest absolute Gasteiger partial charge is 0.395 e. The summed E-state index contributed by atoms with van der Waals surface area (Å²) in [6, 6.07) is 3.22. The molecule has 0 radical (unpaired) electrons.